The first-order valence-corrected chi connectivity index (χ1v) is 9.83. The van der Waals surface area contributed by atoms with E-state index < -0.39 is 6.10 Å². The zero-order valence-corrected chi connectivity index (χ0v) is 15.2. The van der Waals surface area contributed by atoms with Gasteiger partial charge in [-0.3, -0.25) is 14.9 Å². The van der Waals surface area contributed by atoms with E-state index in [2.05, 4.69) is 15.6 Å². The normalized spacial score (nSPS) is 19.0. The summed E-state index contributed by atoms with van der Waals surface area (Å²) < 4.78 is 5.39. The van der Waals surface area contributed by atoms with Crippen molar-refractivity contribution < 1.29 is 14.3 Å². The van der Waals surface area contributed by atoms with Crippen molar-refractivity contribution >= 4 is 34.0 Å². The lowest BCUT2D eigenvalue weighted by molar-refractivity contribution is -0.124. The van der Waals surface area contributed by atoms with Crippen LogP contribution in [-0.4, -0.2) is 29.5 Å². The molecule has 2 aliphatic rings. The fourth-order valence-electron chi connectivity index (χ4n) is 3.32. The number of aromatic nitrogens is 1. The Labute approximate surface area is 156 Å². The largest absolute Gasteiger partial charge is 0.368 e. The molecule has 0 saturated carbocycles. The molecule has 2 N–H and O–H groups in total. The van der Waals surface area contributed by atoms with Crippen LogP contribution in [0.1, 0.15) is 46.6 Å². The first-order valence-electron chi connectivity index (χ1n) is 9.01. The maximum absolute atomic E-state index is 12.5. The molecule has 2 aromatic rings. The molecule has 1 aliphatic heterocycles. The summed E-state index contributed by atoms with van der Waals surface area (Å²) in [5, 5.41) is 6.36. The van der Waals surface area contributed by atoms with Crippen LogP contribution in [0.4, 0.5) is 10.8 Å². The molecule has 0 radical (unpaired) electrons. The van der Waals surface area contributed by atoms with Crippen molar-refractivity contribution in [2.75, 3.05) is 17.2 Å². The molecule has 6 nitrogen and oxygen atoms in total. The molecule has 1 aliphatic carbocycles. The molecule has 4 rings (SSSR count). The van der Waals surface area contributed by atoms with Gasteiger partial charge in [-0.15, -0.1) is 11.3 Å². The maximum atomic E-state index is 12.5. The van der Waals surface area contributed by atoms with E-state index in [1.54, 1.807) is 35.6 Å². The Hall–Kier alpha value is -2.25. The number of carbonyl (C=O) groups excluding carboxylic acids is 2. The molecular weight excluding hydrogens is 350 g/mol. The second kappa shape index (κ2) is 7.55. The Balaban J connectivity index is 1.42. The Morgan fingerprint density at radius 1 is 1.15 bits per heavy atom. The number of ether oxygens (including phenoxy) is 1. The minimum Gasteiger partial charge on any atom is -0.368 e. The third-order valence-electron chi connectivity index (χ3n) is 4.68. The Bertz CT molecular complexity index is 804. The monoisotopic (exact) mass is 371 g/mol. The van der Waals surface area contributed by atoms with Gasteiger partial charge in [0.1, 0.15) is 6.10 Å². The summed E-state index contributed by atoms with van der Waals surface area (Å²) >= 11 is 1.56. The van der Waals surface area contributed by atoms with Crippen LogP contribution in [-0.2, 0) is 22.4 Å². The Kier molecular flexibility index (Phi) is 4.99. The number of nitrogens with zero attached hydrogens (tertiary/aromatic N) is 1. The van der Waals surface area contributed by atoms with Gasteiger partial charge in [0.25, 0.3) is 11.8 Å². The average molecular weight is 371 g/mol. The van der Waals surface area contributed by atoms with E-state index in [0.29, 0.717) is 23.0 Å². The van der Waals surface area contributed by atoms with E-state index in [1.165, 1.54) is 11.3 Å². The van der Waals surface area contributed by atoms with Gasteiger partial charge in [-0.05, 0) is 56.7 Å². The third-order valence-corrected chi connectivity index (χ3v) is 5.75. The van der Waals surface area contributed by atoms with Crippen molar-refractivity contribution in [3.05, 3.63) is 40.4 Å². The zero-order valence-electron chi connectivity index (χ0n) is 14.4. The van der Waals surface area contributed by atoms with Gasteiger partial charge in [0.2, 0.25) is 0 Å². The number of hydrogen-bond donors (Lipinski definition) is 2. The Morgan fingerprint density at radius 2 is 2.04 bits per heavy atom. The number of nitrogens with one attached hydrogen (secondary N) is 2. The van der Waals surface area contributed by atoms with Gasteiger partial charge in [0.05, 0.1) is 5.69 Å². The molecule has 2 amide bonds. The quantitative estimate of drug-likeness (QED) is 0.863. The number of hydrogen-bond acceptors (Lipinski definition) is 5. The van der Waals surface area contributed by atoms with Crippen LogP contribution in [0.3, 0.4) is 0 Å². The van der Waals surface area contributed by atoms with Gasteiger partial charge in [-0.25, -0.2) is 4.98 Å². The average Bonchev–Trinajstić information content (AvgIpc) is 3.31. The maximum Gasteiger partial charge on any atom is 0.257 e. The molecule has 1 saturated heterocycles. The molecular formula is C19H21N3O3S. The van der Waals surface area contributed by atoms with E-state index in [4.69, 9.17) is 4.74 Å². The highest BCUT2D eigenvalue weighted by molar-refractivity contribution is 7.15. The second-order valence-corrected chi connectivity index (χ2v) is 7.71. The number of rotatable bonds is 4. The summed E-state index contributed by atoms with van der Waals surface area (Å²) in [5.41, 5.74) is 2.20. The van der Waals surface area contributed by atoms with Crippen LogP contribution < -0.4 is 10.6 Å². The lowest BCUT2D eigenvalue weighted by Gasteiger charge is -2.11. The fourth-order valence-corrected chi connectivity index (χ4v) is 4.37. The van der Waals surface area contributed by atoms with E-state index in [1.807, 2.05) is 0 Å². The topological polar surface area (TPSA) is 80.3 Å². The molecule has 1 unspecified atom stereocenters. The molecule has 1 aromatic heterocycles. The lowest BCUT2D eigenvalue weighted by atomic mass is 10.0. The van der Waals surface area contributed by atoms with Crippen molar-refractivity contribution in [2.45, 2.75) is 44.6 Å². The van der Waals surface area contributed by atoms with E-state index in [0.717, 1.165) is 37.8 Å². The highest BCUT2D eigenvalue weighted by Gasteiger charge is 2.23. The SMILES string of the molecule is O=C(Nc1nc2c(s1)CCCC2)c1cccc(NC(=O)C2CCCO2)c1. The summed E-state index contributed by atoms with van der Waals surface area (Å²) in [6.07, 6.45) is 5.64. The van der Waals surface area contributed by atoms with Crippen molar-refractivity contribution in [2.24, 2.45) is 0 Å². The van der Waals surface area contributed by atoms with Gasteiger partial charge >= 0.3 is 0 Å². The molecule has 1 atom stereocenters. The van der Waals surface area contributed by atoms with E-state index >= 15 is 0 Å². The van der Waals surface area contributed by atoms with E-state index in [-0.39, 0.29) is 11.8 Å². The van der Waals surface area contributed by atoms with E-state index in [9.17, 15) is 9.59 Å². The number of carbonyl (C=O) groups is 2. The molecule has 1 aromatic carbocycles. The van der Waals surface area contributed by atoms with Crippen molar-refractivity contribution in [3.8, 4) is 0 Å². The van der Waals surface area contributed by atoms with Crippen LogP contribution in [0.2, 0.25) is 0 Å². The summed E-state index contributed by atoms with van der Waals surface area (Å²) in [6, 6.07) is 6.93. The predicted octanol–water partition coefficient (Wildman–Crippen LogP) is 3.39. The molecule has 136 valence electrons. The van der Waals surface area contributed by atoms with Gasteiger partial charge in [0, 0.05) is 22.7 Å². The predicted molar refractivity (Wildman–Crippen MR) is 101 cm³/mol. The summed E-state index contributed by atoms with van der Waals surface area (Å²) in [6.45, 7) is 0.623. The molecule has 1 fully saturated rings. The molecule has 0 spiro atoms. The smallest absolute Gasteiger partial charge is 0.257 e. The second-order valence-electron chi connectivity index (χ2n) is 6.62. The molecule has 2 heterocycles. The zero-order chi connectivity index (χ0) is 17.9. The number of amides is 2. The van der Waals surface area contributed by atoms with Gasteiger partial charge in [-0.2, -0.15) is 0 Å². The van der Waals surface area contributed by atoms with Gasteiger partial charge in [0.15, 0.2) is 5.13 Å². The van der Waals surface area contributed by atoms with Crippen LogP contribution in [0, 0.1) is 0 Å². The minimum absolute atomic E-state index is 0.160. The van der Waals surface area contributed by atoms with Crippen LogP contribution in [0.5, 0.6) is 0 Å². The molecule has 26 heavy (non-hydrogen) atoms. The number of fused-ring (bicyclic) bond motifs is 1. The van der Waals surface area contributed by atoms with Gasteiger partial charge in [-0.1, -0.05) is 6.07 Å². The van der Waals surface area contributed by atoms with Crippen molar-refractivity contribution in [1.29, 1.82) is 0 Å². The third kappa shape index (κ3) is 3.78. The van der Waals surface area contributed by atoms with Crippen LogP contribution in [0.25, 0.3) is 0 Å². The summed E-state index contributed by atoms with van der Waals surface area (Å²) in [5.74, 6) is -0.378. The van der Waals surface area contributed by atoms with Crippen molar-refractivity contribution in [1.82, 2.24) is 4.98 Å². The summed E-state index contributed by atoms with van der Waals surface area (Å²) in [7, 11) is 0. The van der Waals surface area contributed by atoms with Crippen LogP contribution >= 0.6 is 11.3 Å². The number of benzene rings is 1. The first-order chi connectivity index (χ1) is 12.7. The molecule has 7 heteroatoms. The van der Waals surface area contributed by atoms with Crippen LogP contribution in [0.15, 0.2) is 24.3 Å². The van der Waals surface area contributed by atoms with Crippen molar-refractivity contribution in [3.63, 3.8) is 0 Å². The highest BCUT2D eigenvalue weighted by atomic mass is 32.1. The standard InChI is InChI=1S/C19H21N3O3S/c23-17(22-19-21-14-7-1-2-9-16(14)26-19)12-5-3-6-13(11-12)20-18(24)15-8-4-10-25-15/h3,5-6,11,15H,1-2,4,7-10H2,(H,20,24)(H,21,22,23). The number of aryl methyl sites for hydroxylation is 2. The number of anilines is 2. The Morgan fingerprint density at radius 3 is 2.85 bits per heavy atom. The molecule has 0 bridgehead atoms. The first kappa shape index (κ1) is 17.2. The van der Waals surface area contributed by atoms with Gasteiger partial charge < -0.3 is 10.1 Å². The summed E-state index contributed by atoms with van der Waals surface area (Å²) in [4.78, 5) is 30.5. The minimum atomic E-state index is -0.394. The lowest BCUT2D eigenvalue weighted by Crippen LogP contribution is -2.27. The fraction of sp³-hybridized carbons (Fsp3) is 0.421. The highest BCUT2D eigenvalue weighted by Crippen LogP contribution is 2.29. The number of thiazole rings is 1.